The van der Waals surface area contributed by atoms with E-state index in [1.807, 2.05) is 0 Å². The fourth-order valence-corrected chi connectivity index (χ4v) is 4.37. The van der Waals surface area contributed by atoms with Gasteiger partial charge in [0.05, 0.1) is 11.7 Å². The van der Waals surface area contributed by atoms with E-state index in [1.165, 1.54) is 43.0 Å². The third-order valence-electron chi connectivity index (χ3n) is 4.52. The Morgan fingerprint density at radius 2 is 2.00 bits per heavy atom. The van der Waals surface area contributed by atoms with Crippen LogP contribution in [0.2, 0.25) is 0 Å². The molecule has 3 rings (SSSR count). The van der Waals surface area contributed by atoms with E-state index in [0.717, 1.165) is 4.90 Å². The predicted molar refractivity (Wildman–Crippen MR) is 98.7 cm³/mol. The monoisotopic (exact) mass is 427 g/mol. The van der Waals surface area contributed by atoms with E-state index in [1.54, 1.807) is 0 Å². The van der Waals surface area contributed by atoms with Gasteiger partial charge in [-0.3, -0.25) is 19.3 Å². The summed E-state index contributed by atoms with van der Waals surface area (Å²) in [6.07, 6.45) is 0. The van der Waals surface area contributed by atoms with Gasteiger partial charge >= 0.3 is 24.8 Å². The van der Waals surface area contributed by atoms with Gasteiger partial charge < -0.3 is 30.8 Å². The maximum absolute atomic E-state index is 12.5. The van der Waals surface area contributed by atoms with Crippen molar-refractivity contribution in [1.82, 2.24) is 10.2 Å². The number of benzene rings is 1. The molecule has 2 aliphatic rings. The summed E-state index contributed by atoms with van der Waals surface area (Å²) >= 11 is 1.23. The normalized spacial score (nSPS) is 21.0. The van der Waals surface area contributed by atoms with E-state index < -0.39 is 41.2 Å². The molecule has 1 aromatic carbocycles. The number of β-lactam (4-membered cyclic amide) rings is 1. The Hall–Kier alpha value is -2.45. The number of aromatic hydroxyl groups is 1. The molecule has 4 N–H and O–H groups in total. The molecule has 2 aliphatic heterocycles. The van der Waals surface area contributed by atoms with Gasteiger partial charge in [-0.1, -0.05) is 12.1 Å². The number of carbonyl (C=O) groups excluding carboxylic acids is 4. The summed E-state index contributed by atoms with van der Waals surface area (Å²) in [5, 5.41) is 22.8. The third kappa shape index (κ3) is 4.65. The number of esters is 1. The van der Waals surface area contributed by atoms with E-state index in [2.05, 4.69) is 5.32 Å². The number of ether oxygens (including phenoxy) is 1. The largest absolute Gasteiger partial charge is 1.00 e. The average Bonchev–Trinajstić information content (AvgIpc) is 2.69. The van der Waals surface area contributed by atoms with Gasteiger partial charge in [-0.2, -0.15) is 0 Å². The van der Waals surface area contributed by atoms with Crippen molar-refractivity contribution < 1.29 is 53.0 Å². The number of phenolic OH excluding ortho intramolecular Hbond substituents is 1. The zero-order valence-corrected chi connectivity index (χ0v) is 17.1. The molecule has 30 heavy (non-hydrogen) atoms. The van der Waals surface area contributed by atoms with Crippen molar-refractivity contribution in [2.45, 2.75) is 24.4 Å². The average molecular weight is 427 g/mol. The standard InChI is InChI=1S/C18H19N3O7S.Li/c1-8(22)28-6-10-7-29-17-13(16(25)21(17)14(10)18(26)27)20-15(24)12(19)9-2-4-11(23)5-3-9;/h2-5,12-13,17,23H,6-7,19H2,1H3,(H,20,24)(H,26,27);/q;+1/p-1/t12?,13-,17+;/m0./s1. The van der Waals surface area contributed by atoms with Crippen LogP contribution < -0.4 is 35.0 Å². The minimum Gasteiger partial charge on any atom is -0.543 e. The number of nitrogens with zero attached hydrogens (tertiary/aromatic N) is 1. The molecule has 12 heteroatoms. The fraction of sp³-hybridized carbons (Fsp3) is 0.333. The Morgan fingerprint density at radius 1 is 1.37 bits per heavy atom. The summed E-state index contributed by atoms with van der Waals surface area (Å²) in [7, 11) is 0. The third-order valence-corrected chi connectivity index (χ3v) is 5.86. The molecular formula is C18H18LiN3O7S. The van der Waals surface area contributed by atoms with Crippen LogP contribution in [0.15, 0.2) is 35.5 Å². The Balaban J connectivity index is 0.00000320. The molecule has 0 bridgehead atoms. The molecule has 2 amide bonds. The molecule has 2 heterocycles. The number of fused-ring (bicyclic) bond motifs is 1. The number of nitrogens with two attached hydrogens (primary N) is 1. The van der Waals surface area contributed by atoms with E-state index in [4.69, 9.17) is 10.5 Å². The van der Waals surface area contributed by atoms with Crippen molar-refractivity contribution in [3.05, 3.63) is 41.1 Å². The van der Waals surface area contributed by atoms with E-state index in [0.29, 0.717) is 5.56 Å². The molecule has 3 atom stereocenters. The smallest absolute Gasteiger partial charge is 0.543 e. The summed E-state index contributed by atoms with van der Waals surface area (Å²) in [6.45, 7) is 0.931. The van der Waals surface area contributed by atoms with Crippen LogP contribution in [-0.2, 0) is 23.9 Å². The zero-order chi connectivity index (χ0) is 21.3. The molecule has 1 fully saturated rings. The molecule has 0 aliphatic carbocycles. The Morgan fingerprint density at radius 3 is 2.57 bits per heavy atom. The van der Waals surface area contributed by atoms with Crippen LogP contribution in [0.1, 0.15) is 18.5 Å². The number of carboxylic acid groups (broad SMARTS) is 1. The van der Waals surface area contributed by atoms with Crippen LogP contribution in [0.25, 0.3) is 0 Å². The maximum Gasteiger partial charge on any atom is 1.00 e. The Kier molecular flexibility index (Phi) is 7.60. The number of nitrogens with one attached hydrogen (secondary N) is 1. The van der Waals surface area contributed by atoms with E-state index in [9.17, 15) is 29.4 Å². The number of carbonyl (C=O) groups is 4. The van der Waals surface area contributed by atoms with Gasteiger partial charge in [-0.15, -0.1) is 11.8 Å². The number of hydrogen-bond donors (Lipinski definition) is 3. The molecule has 1 aromatic rings. The molecule has 154 valence electrons. The van der Waals surface area contributed by atoms with Gasteiger partial charge in [0, 0.05) is 18.2 Å². The molecule has 0 radical (unpaired) electrons. The summed E-state index contributed by atoms with van der Waals surface area (Å²) in [4.78, 5) is 48.5. The fourth-order valence-electron chi connectivity index (χ4n) is 3.05. The predicted octanol–water partition coefficient (Wildman–Crippen LogP) is -4.64. The van der Waals surface area contributed by atoms with Gasteiger partial charge in [-0.05, 0) is 17.7 Å². The first-order valence-electron chi connectivity index (χ1n) is 8.57. The van der Waals surface area contributed by atoms with Crippen LogP contribution in [0.5, 0.6) is 5.75 Å². The van der Waals surface area contributed by atoms with Crippen molar-refractivity contribution in [1.29, 1.82) is 0 Å². The van der Waals surface area contributed by atoms with Crippen molar-refractivity contribution in [3.8, 4) is 5.75 Å². The topological polar surface area (TPSA) is 162 Å². The number of thioether (sulfide) groups is 1. The van der Waals surface area contributed by atoms with Crippen molar-refractivity contribution >= 4 is 35.5 Å². The first kappa shape index (κ1) is 23.8. The van der Waals surface area contributed by atoms with Crippen LogP contribution in [0.3, 0.4) is 0 Å². The Bertz CT molecular complexity index is 906. The van der Waals surface area contributed by atoms with Crippen LogP contribution >= 0.6 is 11.8 Å². The summed E-state index contributed by atoms with van der Waals surface area (Å²) in [6, 6.07) is 3.74. The van der Waals surface area contributed by atoms with E-state index in [-0.39, 0.29) is 48.2 Å². The molecular weight excluding hydrogens is 409 g/mol. The minimum atomic E-state index is -1.56. The summed E-state index contributed by atoms with van der Waals surface area (Å²) < 4.78 is 4.84. The first-order valence-corrected chi connectivity index (χ1v) is 9.62. The number of aliphatic carboxylic acids is 1. The SMILES string of the molecule is CC(=O)OCC1=C(C(=O)[O-])N2C(=O)[C@H](NC(=O)C(N)c3ccc(O)cc3)[C@H]2SC1.[Li+]. The van der Waals surface area contributed by atoms with Crippen LogP contribution in [0.4, 0.5) is 0 Å². The van der Waals surface area contributed by atoms with Gasteiger partial charge in [0.1, 0.15) is 29.8 Å². The van der Waals surface area contributed by atoms with Gasteiger partial charge in [0.2, 0.25) is 5.91 Å². The number of rotatable bonds is 6. The number of amides is 2. The first-order chi connectivity index (χ1) is 13.7. The molecule has 10 nitrogen and oxygen atoms in total. The maximum atomic E-state index is 12.5. The van der Waals surface area contributed by atoms with Crippen LogP contribution in [-0.4, -0.2) is 57.5 Å². The molecule has 0 aromatic heterocycles. The van der Waals surface area contributed by atoms with Crippen LogP contribution in [0, 0.1) is 0 Å². The van der Waals surface area contributed by atoms with Gasteiger partial charge in [0.25, 0.3) is 5.91 Å². The van der Waals surface area contributed by atoms with Gasteiger partial charge in [-0.25, -0.2) is 0 Å². The number of carboxylic acids is 1. The second-order valence-electron chi connectivity index (χ2n) is 6.49. The molecule has 0 saturated carbocycles. The second kappa shape index (κ2) is 9.57. The van der Waals surface area contributed by atoms with Crippen molar-refractivity contribution in [2.24, 2.45) is 5.73 Å². The molecule has 1 unspecified atom stereocenters. The van der Waals surface area contributed by atoms with Gasteiger partial charge in [0.15, 0.2) is 0 Å². The quantitative estimate of drug-likeness (QED) is 0.230. The Labute approximate surface area is 188 Å². The summed E-state index contributed by atoms with van der Waals surface area (Å²) in [5.41, 5.74) is 6.26. The minimum absolute atomic E-state index is 0. The van der Waals surface area contributed by atoms with Crippen molar-refractivity contribution in [2.75, 3.05) is 12.4 Å². The van der Waals surface area contributed by atoms with Crippen molar-refractivity contribution in [3.63, 3.8) is 0 Å². The molecule has 0 spiro atoms. The summed E-state index contributed by atoms with van der Waals surface area (Å²) in [5.74, 6) is -3.15. The zero-order valence-electron chi connectivity index (χ0n) is 16.3. The second-order valence-corrected chi connectivity index (χ2v) is 7.59. The number of hydrogen-bond acceptors (Lipinski definition) is 9. The molecule has 1 saturated heterocycles. The number of phenols is 1. The van der Waals surface area contributed by atoms with E-state index >= 15 is 0 Å².